The number of ether oxygens (including phenoxy) is 1. The molecule has 0 radical (unpaired) electrons. The Labute approximate surface area is 215 Å². The van der Waals surface area contributed by atoms with Crippen molar-refractivity contribution in [3.8, 4) is 11.1 Å². The van der Waals surface area contributed by atoms with Crippen molar-refractivity contribution >= 4 is 43.3 Å². The maximum Gasteiger partial charge on any atom is 0.410 e. The molecule has 1 aromatic carbocycles. The number of likely N-dealkylation sites (tertiary alicyclic amines) is 1. The van der Waals surface area contributed by atoms with Gasteiger partial charge in [0.2, 0.25) is 0 Å². The van der Waals surface area contributed by atoms with Crippen LogP contribution in [0, 0.1) is 5.82 Å². The lowest BCUT2D eigenvalue weighted by atomic mass is 10.0. The molecule has 0 saturated carbocycles. The third-order valence-corrected chi connectivity index (χ3v) is 8.24. The van der Waals surface area contributed by atoms with Crippen LogP contribution >= 0.6 is 11.3 Å². The average molecular weight is 535 g/mol. The zero-order valence-corrected chi connectivity index (χ0v) is 22.7. The van der Waals surface area contributed by atoms with E-state index in [1.165, 1.54) is 29.8 Å². The summed E-state index contributed by atoms with van der Waals surface area (Å²) in [7, 11) is -3.51. The van der Waals surface area contributed by atoms with Gasteiger partial charge >= 0.3 is 6.09 Å². The molecular formula is C25H31FN4O4S2. The number of thiophene rings is 1. The van der Waals surface area contributed by atoms with E-state index in [2.05, 4.69) is 21.8 Å². The molecule has 3 aromatic rings. The summed E-state index contributed by atoms with van der Waals surface area (Å²) in [6, 6.07) is 4.13. The van der Waals surface area contributed by atoms with Gasteiger partial charge in [-0.3, -0.25) is 0 Å². The molecule has 2 aromatic heterocycles. The summed E-state index contributed by atoms with van der Waals surface area (Å²) in [5, 5.41) is 1.83. The highest BCUT2D eigenvalue weighted by atomic mass is 32.2. The van der Waals surface area contributed by atoms with Crippen LogP contribution in [-0.4, -0.2) is 66.9 Å². The number of anilines is 1. The minimum absolute atomic E-state index is 0.0616. The summed E-state index contributed by atoms with van der Waals surface area (Å²) in [5.74, 6) is 0.169. The van der Waals surface area contributed by atoms with E-state index in [4.69, 9.17) is 4.74 Å². The summed E-state index contributed by atoms with van der Waals surface area (Å²) >= 11 is 1.44. The maximum absolute atomic E-state index is 14.9. The number of fused-ring (bicyclic) bond motifs is 1. The SMILES string of the molecule is CCN(c1ncnc2c(-c3ccc(S(C)(=O)=O)cc3F)csc12)C1CCN(C(=O)OC(C)(C)C)CC1. The van der Waals surface area contributed by atoms with Crippen molar-refractivity contribution in [2.45, 2.75) is 57.1 Å². The van der Waals surface area contributed by atoms with Gasteiger partial charge in [0.15, 0.2) is 9.84 Å². The lowest BCUT2D eigenvalue weighted by Gasteiger charge is -2.39. The molecule has 0 N–H and O–H groups in total. The van der Waals surface area contributed by atoms with E-state index in [-0.39, 0.29) is 17.0 Å². The van der Waals surface area contributed by atoms with Crippen LogP contribution in [0.15, 0.2) is 34.8 Å². The van der Waals surface area contributed by atoms with Gasteiger partial charge < -0.3 is 14.5 Å². The molecule has 0 unspecified atom stereocenters. The topological polar surface area (TPSA) is 92.7 Å². The molecule has 1 amide bonds. The number of halogens is 1. The van der Waals surface area contributed by atoms with E-state index >= 15 is 0 Å². The van der Waals surface area contributed by atoms with E-state index in [0.717, 1.165) is 35.7 Å². The van der Waals surface area contributed by atoms with Crippen LogP contribution in [0.5, 0.6) is 0 Å². The molecule has 0 bridgehead atoms. The van der Waals surface area contributed by atoms with Crippen LogP contribution in [0.4, 0.5) is 15.0 Å². The van der Waals surface area contributed by atoms with Crippen LogP contribution < -0.4 is 4.90 Å². The van der Waals surface area contributed by atoms with Crippen LogP contribution in [0.25, 0.3) is 21.3 Å². The van der Waals surface area contributed by atoms with Crippen molar-refractivity contribution in [2.24, 2.45) is 0 Å². The van der Waals surface area contributed by atoms with Gasteiger partial charge in [-0.15, -0.1) is 11.3 Å². The molecule has 1 aliphatic heterocycles. The first kappa shape index (κ1) is 26.3. The van der Waals surface area contributed by atoms with E-state index in [9.17, 15) is 17.6 Å². The Bertz CT molecular complexity index is 1380. The molecule has 0 aliphatic carbocycles. The number of sulfone groups is 1. The fourth-order valence-electron chi connectivity index (χ4n) is 4.45. The molecule has 11 heteroatoms. The molecule has 1 saturated heterocycles. The smallest absolute Gasteiger partial charge is 0.410 e. The number of aromatic nitrogens is 2. The molecule has 4 rings (SSSR count). The number of hydrogen-bond acceptors (Lipinski definition) is 8. The summed E-state index contributed by atoms with van der Waals surface area (Å²) in [6.07, 6.45) is 3.80. The minimum Gasteiger partial charge on any atom is -0.444 e. The number of benzene rings is 1. The Morgan fingerprint density at radius 2 is 1.92 bits per heavy atom. The van der Waals surface area contributed by atoms with E-state index in [1.54, 1.807) is 4.90 Å². The highest BCUT2D eigenvalue weighted by molar-refractivity contribution is 7.90. The number of hydrogen-bond donors (Lipinski definition) is 0. The zero-order chi connectivity index (χ0) is 26.3. The molecule has 194 valence electrons. The van der Waals surface area contributed by atoms with Crippen molar-refractivity contribution in [3.63, 3.8) is 0 Å². The fourth-order valence-corrected chi connectivity index (χ4v) is 6.10. The maximum atomic E-state index is 14.9. The van der Waals surface area contributed by atoms with E-state index < -0.39 is 21.3 Å². The van der Waals surface area contributed by atoms with Crippen molar-refractivity contribution in [1.29, 1.82) is 0 Å². The highest BCUT2D eigenvalue weighted by Crippen LogP contribution is 2.39. The second kappa shape index (κ2) is 9.93. The van der Waals surface area contributed by atoms with Crippen molar-refractivity contribution in [2.75, 3.05) is 30.8 Å². The highest BCUT2D eigenvalue weighted by Gasteiger charge is 2.31. The summed E-state index contributed by atoms with van der Waals surface area (Å²) < 4.78 is 44.9. The van der Waals surface area contributed by atoms with Gasteiger partial charge in [0.05, 0.1) is 15.1 Å². The fraction of sp³-hybridized carbons (Fsp3) is 0.480. The summed E-state index contributed by atoms with van der Waals surface area (Å²) in [5.41, 5.74) is 0.997. The van der Waals surface area contributed by atoms with Gasteiger partial charge in [0.1, 0.15) is 23.6 Å². The number of nitrogens with zero attached hydrogens (tertiary/aromatic N) is 4. The van der Waals surface area contributed by atoms with Gasteiger partial charge in [0.25, 0.3) is 0 Å². The predicted octanol–water partition coefficient (Wildman–Crippen LogP) is 5.13. The molecule has 1 aliphatic rings. The molecule has 8 nitrogen and oxygen atoms in total. The van der Waals surface area contributed by atoms with Crippen LogP contribution in [-0.2, 0) is 14.6 Å². The number of amides is 1. The van der Waals surface area contributed by atoms with Gasteiger partial charge in [-0.25, -0.2) is 27.6 Å². The molecule has 36 heavy (non-hydrogen) atoms. The first-order valence-electron chi connectivity index (χ1n) is 11.9. The summed E-state index contributed by atoms with van der Waals surface area (Å²) in [6.45, 7) is 9.55. The van der Waals surface area contributed by atoms with Crippen molar-refractivity contribution < 1.29 is 22.3 Å². The Morgan fingerprint density at radius 1 is 1.22 bits per heavy atom. The Balaban J connectivity index is 1.59. The number of carbonyl (C=O) groups is 1. The van der Waals surface area contributed by atoms with Gasteiger partial charge in [-0.1, -0.05) is 6.07 Å². The van der Waals surface area contributed by atoms with E-state index in [0.29, 0.717) is 36.3 Å². The van der Waals surface area contributed by atoms with Crippen LogP contribution in [0.2, 0.25) is 0 Å². The third kappa shape index (κ3) is 5.46. The van der Waals surface area contributed by atoms with Gasteiger partial charge in [-0.2, -0.15) is 0 Å². The van der Waals surface area contributed by atoms with Gasteiger partial charge in [-0.05, 0) is 52.7 Å². The normalized spacial score (nSPS) is 15.3. The lowest BCUT2D eigenvalue weighted by Crippen LogP contribution is -2.48. The number of piperidine rings is 1. The molecule has 0 atom stereocenters. The van der Waals surface area contributed by atoms with Crippen molar-refractivity contribution in [3.05, 3.63) is 35.7 Å². The molecule has 1 fully saturated rings. The average Bonchev–Trinajstić information content (AvgIpc) is 3.23. The van der Waals surface area contributed by atoms with Gasteiger partial charge in [0, 0.05) is 48.4 Å². The van der Waals surface area contributed by atoms with Crippen LogP contribution in [0.1, 0.15) is 40.5 Å². The van der Waals surface area contributed by atoms with E-state index in [1.807, 2.05) is 26.2 Å². The van der Waals surface area contributed by atoms with Crippen molar-refractivity contribution in [1.82, 2.24) is 14.9 Å². The first-order valence-corrected chi connectivity index (χ1v) is 14.6. The monoisotopic (exact) mass is 534 g/mol. The quantitative estimate of drug-likeness (QED) is 0.448. The van der Waals surface area contributed by atoms with Crippen LogP contribution in [0.3, 0.4) is 0 Å². The Hall–Kier alpha value is -2.79. The molecule has 3 heterocycles. The number of rotatable bonds is 5. The first-order chi connectivity index (χ1) is 16.9. The standard InChI is InChI=1S/C25H31FN4O4S2/c1-6-30(16-9-11-29(12-10-16)24(31)34-25(2,3)4)23-22-21(27-15-28-23)19(14-35-22)18-8-7-17(13-20(18)26)36(5,32)33/h7-8,13-16H,6,9-12H2,1-5H3. The zero-order valence-electron chi connectivity index (χ0n) is 21.1. The summed E-state index contributed by atoms with van der Waals surface area (Å²) in [4.78, 5) is 25.4. The molecule has 0 spiro atoms. The Morgan fingerprint density at radius 3 is 2.50 bits per heavy atom. The minimum atomic E-state index is -3.51. The lowest BCUT2D eigenvalue weighted by molar-refractivity contribution is 0.0205. The second-order valence-corrected chi connectivity index (χ2v) is 12.8. The predicted molar refractivity (Wildman–Crippen MR) is 140 cm³/mol. The third-order valence-electron chi connectivity index (χ3n) is 6.16. The molecular weight excluding hydrogens is 503 g/mol. The largest absolute Gasteiger partial charge is 0.444 e. The second-order valence-electron chi connectivity index (χ2n) is 9.92. The Kier molecular flexibility index (Phi) is 7.25. The number of carbonyl (C=O) groups excluding carboxylic acids is 1.